The number of anilines is 2. The van der Waals surface area contributed by atoms with Gasteiger partial charge in [0.1, 0.15) is 11.5 Å². The molecule has 2 fully saturated rings. The number of aromatic amines is 1. The van der Waals surface area contributed by atoms with E-state index in [1.165, 1.54) is 0 Å². The molecule has 0 radical (unpaired) electrons. The fourth-order valence-corrected chi connectivity index (χ4v) is 3.34. The smallest absolute Gasteiger partial charge is 0.229 e. The molecule has 2 N–H and O–H groups in total. The lowest BCUT2D eigenvalue weighted by molar-refractivity contribution is 0.122. The van der Waals surface area contributed by atoms with Crippen molar-refractivity contribution >= 4 is 22.8 Å². The summed E-state index contributed by atoms with van der Waals surface area (Å²) in [5.41, 5.74) is 1.98. The van der Waals surface area contributed by atoms with Crippen molar-refractivity contribution in [2.75, 3.05) is 49.2 Å². The maximum atomic E-state index is 9.76. The molecule has 23 heavy (non-hydrogen) atoms. The number of hydrogen-bond acceptors (Lipinski definition) is 6. The minimum absolute atomic E-state index is 0.185. The lowest BCUT2D eigenvalue weighted by atomic mass is 10.1. The van der Waals surface area contributed by atoms with E-state index in [1.807, 2.05) is 6.92 Å². The van der Waals surface area contributed by atoms with E-state index in [9.17, 15) is 5.11 Å². The third-order valence-corrected chi connectivity index (χ3v) is 4.65. The third kappa shape index (κ3) is 2.86. The summed E-state index contributed by atoms with van der Waals surface area (Å²) in [7, 11) is 0. The number of nitrogens with zero attached hydrogens (tertiary/aromatic N) is 4. The van der Waals surface area contributed by atoms with Gasteiger partial charge in [0.05, 0.1) is 24.7 Å². The highest BCUT2D eigenvalue weighted by molar-refractivity contribution is 5.89. The molecule has 7 nitrogen and oxygen atoms in total. The Kier molecular flexibility index (Phi) is 3.82. The topological polar surface area (TPSA) is 77.5 Å². The van der Waals surface area contributed by atoms with E-state index in [1.54, 1.807) is 0 Å². The number of fused-ring (bicyclic) bond motifs is 1. The summed E-state index contributed by atoms with van der Waals surface area (Å²) < 4.78 is 5.43. The fourth-order valence-electron chi connectivity index (χ4n) is 3.34. The van der Waals surface area contributed by atoms with Crippen LogP contribution in [0.2, 0.25) is 0 Å². The van der Waals surface area contributed by atoms with Crippen LogP contribution in [0.1, 0.15) is 18.5 Å². The van der Waals surface area contributed by atoms with Gasteiger partial charge in [0.2, 0.25) is 5.95 Å². The van der Waals surface area contributed by atoms with Crippen molar-refractivity contribution in [2.45, 2.75) is 25.9 Å². The molecule has 0 spiro atoms. The molecular weight excluding hydrogens is 294 g/mol. The van der Waals surface area contributed by atoms with Crippen LogP contribution in [0.25, 0.3) is 11.0 Å². The Morgan fingerprint density at radius 2 is 1.87 bits per heavy atom. The lowest BCUT2D eigenvalue weighted by Crippen LogP contribution is -2.39. The van der Waals surface area contributed by atoms with Gasteiger partial charge >= 0.3 is 0 Å². The summed E-state index contributed by atoms with van der Waals surface area (Å²) in [6, 6.07) is 2.11. The second kappa shape index (κ2) is 5.98. The number of nitrogens with one attached hydrogen (secondary N) is 1. The minimum Gasteiger partial charge on any atom is -0.393 e. The summed E-state index contributed by atoms with van der Waals surface area (Å²) in [6.45, 7) is 6.79. The number of aromatic nitrogens is 3. The summed E-state index contributed by atoms with van der Waals surface area (Å²) >= 11 is 0. The summed E-state index contributed by atoms with van der Waals surface area (Å²) in [4.78, 5) is 17.4. The standard InChI is InChI=1S/C16H23N5O2/c1-11-10-13-14(17-11)18-16(21-6-8-23-9-7-21)19-15(13)20-4-2-12(22)3-5-20/h10,12,22H,2-9H2,1H3,(H,17,18,19). The molecule has 2 saturated heterocycles. The molecule has 7 heteroatoms. The first kappa shape index (κ1) is 14.7. The van der Waals surface area contributed by atoms with Gasteiger partial charge in [-0.2, -0.15) is 9.97 Å². The van der Waals surface area contributed by atoms with E-state index in [0.29, 0.717) is 0 Å². The predicted molar refractivity (Wildman–Crippen MR) is 89.1 cm³/mol. The Balaban J connectivity index is 1.74. The van der Waals surface area contributed by atoms with E-state index in [-0.39, 0.29) is 6.10 Å². The van der Waals surface area contributed by atoms with Crippen LogP contribution in [-0.2, 0) is 4.74 Å². The molecule has 4 heterocycles. The van der Waals surface area contributed by atoms with Gasteiger partial charge in [-0.1, -0.05) is 0 Å². The van der Waals surface area contributed by atoms with Gasteiger partial charge in [-0.15, -0.1) is 0 Å². The van der Waals surface area contributed by atoms with Crippen molar-refractivity contribution in [1.82, 2.24) is 15.0 Å². The highest BCUT2D eigenvalue weighted by Gasteiger charge is 2.23. The fraction of sp³-hybridized carbons (Fsp3) is 0.625. The van der Waals surface area contributed by atoms with Crippen LogP contribution >= 0.6 is 0 Å². The third-order valence-electron chi connectivity index (χ3n) is 4.65. The van der Waals surface area contributed by atoms with Crippen LogP contribution in [-0.4, -0.2) is 65.6 Å². The van der Waals surface area contributed by atoms with Gasteiger partial charge in [-0.3, -0.25) is 0 Å². The summed E-state index contributed by atoms with van der Waals surface area (Å²) in [6.07, 6.45) is 1.40. The van der Waals surface area contributed by atoms with Crippen LogP contribution in [0, 0.1) is 6.92 Å². The average molecular weight is 317 g/mol. The predicted octanol–water partition coefficient (Wildman–Crippen LogP) is 1.06. The van der Waals surface area contributed by atoms with Crippen molar-refractivity contribution in [3.05, 3.63) is 11.8 Å². The lowest BCUT2D eigenvalue weighted by Gasteiger charge is -2.32. The second-order valence-corrected chi connectivity index (χ2v) is 6.38. The molecule has 0 atom stereocenters. The number of piperidine rings is 1. The van der Waals surface area contributed by atoms with Crippen molar-refractivity contribution in [2.24, 2.45) is 0 Å². The zero-order valence-corrected chi connectivity index (χ0v) is 13.5. The molecule has 0 saturated carbocycles. The van der Waals surface area contributed by atoms with Crippen LogP contribution in [0.5, 0.6) is 0 Å². The highest BCUT2D eigenvalue weighted by atomic mass is 16.5. The van der Waals surface area contributed by atoms with E-state index in [2.05, 4.69) is 20.9 Å². The summed E-state index contributed by atoms with van der Waals surface area (Å²) in [5, 5.41) is 10.8. The maximum Gasteiger partial charge on any atom is 0.229 e. The van der Waals surface area contributed by atoms with Crippen molar-refractivity contribution < 1.29 is 9.84 Å². The molecule has 2 aliphatic heterocycles. The molecule has 2 aliphatic rings. The monoisotopic (exact) mass is 317 g/mol. The van der Waals surface area contributed by atoms with Gasteiger partial charge in [-0.05, 0) is 25.8 Å². The van der Waals surface area contributed by atoms with Gasteiger partial charge in [0, 0.05) is 31.9 Å². The SMILES string of the molecule is Cc1cc2c(N3CCC(O)CC3)nc(N3CCOCC3)nc2[nH]1. The molecular formula is C16H23N5O2. The van der Waals surface area contributed by atoms with Crippen LogP contribution in [0.15, 0.2) is 6.07 Å². The number of rotatable bonds is 2. The number of H-pyrrole nitrogens is 1. The molecule has 0 aromatic carbocycles. The second-order valence-electron chi connectivity index (χ2n) is 6.38. The van der Waals surface area contributed by atoms with Gasteiger partial charge < -0.3 is 24.6 Å². The maximum absolute atomic E-state index is 9.76. The Bertz CT molecular complexity index is 687. The van der Waals surface area contributed by atoms with Crippen molar-refractivity contribution in [3.8, 4) is 0 Å². The molecule has 0 aliphatic carbocycles. The first-order chi connectivity index (χ1) is 11.2. The number of hydrogen-bond donors (Lipinski definition) is 2. The van der Waals surface area contributed by atoms with E-state index in [4.69, 9.17) is 14.7 Å². The first-order valence-corrected chi connectivity index (χ1v) is 8.34. The Hall–Kier alpha value is -1.86. The Labute approximate surface area is 135 Å². The zero-order valence-electron chi connectivity index (χ0n) is 13.5. The van der Waals surface area contributed by atoms with Crippen molar-refractivity contribution in [3.63, 3.8) is 0 Å². The molecule has 2 aromatic heterocycles. The van der Waals surface area contributed by atoms with Gasteiger partial charge in [-0.25, -0.2) is 0 Å². The summed E-state index contributed by atoms with van der Waals surface area (Å²) in [5.74, 6) is 1.75. The highest BCUT2D eigenvalue weighted by Crippen LogP contribution is 2.29. The van der Waals surface area contributed by atoms with Crippen LogP contribution in [0.4, 0.5) is 11.8 Å². The average Bonchev–Trinajstić information content (AvgIpc) is 2.96. The van der Waals surface area contributed by atoms with Gasteiger partial charge in [0.15, 0.2) is 0 Å². The van der Waals surface area contributed by atoms with E-state index < -0.39 is 0 Å². The van der Waals surface area contributed by atoms with Crippen molar-refractivity contribution in [1.29, 1.82) is 0 Å². The normalized spacial score (nSPS) is 20.4. The molecule has 0 amide bonds. The van der Waals surface area contributed by atoms with Crippen LogP contribution in [0.3, 0.4) is 0 Å². The number of morpholine rings is 1. The number of aryl methyl sites for hydroxylation is 1. The van der Waals surface area contributed by atoms with Gasteiger partial charge in [0.25, 0.3) is 0 Å². The molecule has 0 unspecified atom stereocenters. The molecule has 124 valence electrons. The quantitative estimate of drug-likeness (QED) is 0.862. The zero-order chi connectivity index (χ0) is 15.8. The minimum atomic E-state index is -0.185. The number of aliphatic hydroxyl groups excluding tert-OH is 1. The van der Waals surface area contributed by atoms with E-state index in [0.717, 1.165) is 80.7 Å². The van der Waals surface area contributed by atoms with E-state index >= 15 is 0 Å². The number of aliphatic hydroxyl groups is 1. The molecule has 0 bridgehead atoms. The molecule has 2 aromatic rings. The Morgan fingerprint density at radius 3 is 2.61 bits per heavy atom. The number of ether oxygens (including phenoxy) is 1. The first-order valence-electron chi connectivity index (χ1n) is 8.34. The Morgan fingerprint density at radius 1 is 1.13 bits per heavy atom. The molecule has 4 rings (SSSR count). The largest absolute Gasteiger partial charge is 0.393 e. The van der Waals surface area contributed by atoms with Crippen LogP contribution < -0.4 is 9.80 Å².